The van der Waals surface area contributed by atoms with Gasteiger partial charge in [-0.15, -0.1) is 0 Å². The lowest BCUT2D eigenvalue weighted by Gasteiger charge is -2.22. The third-order valence-electron chi connectivity index (χ3n) is 3.98. The number of halogens is 1. The second-order valence-electron chi connectivity index (χ2n) is 5.50. The highest BCUT2D eigenvalue weighted by atomic mass is 19.1. The van der Waals surface area contributed by atoms with Crippen molar-refractivity contribution in [1.82, 2.24) is 5.32 Å². The Bertz CT molecular complexity index is 610. The van der Waals surface area contributed by atoms with E-state index in [0.29, 0.717) is 12.2 Å². The van der Waals surface area contributed by atoms with Gasteiger partial charge in [0.2, 0.25) is 0 Å². The van der Waals surface area contributed by atoms with E-state index in [0.717, 1.165) is 5.56 Å². The molecule has 0 amide bonds. The van der Waals surface area contributed by atoms with Crippen molar-refractivity contribution < 1.29 is 4.39 Å². The van der Waals surface area contributed by atoms with Crippen LogP contribution in [-0.4, -0.2) is 14.1 Å². The maximum atomic E-state index is 14.3. The highest BCUT2D eigenvalue weighted by Gasteiger charge is 2.12. The van der Waals surface area contributed by atoms with Crippen molar-refractivity contribution in [3.05, 3.63) is 65.0 Å². The van der Waals surface area contributed by atoms with Crippen LogP contribution >= 0.6 is 0 Å². The van der Waals surface area contributed by atoms with Gasteiger partial charge in [-0.05, 0) is 49.7 Å². The Morgan fingerprint density at radius 3 is 2.52 bits per heavy atom. The zero-order chi connectivity index (χ0) is 15.4. The molecule has 0 spiro atoms. The van der Waals surface area contributed by atoms with Crippen molar-refractivity contribution in [1.29, 1.82) is 0 Å². The Kier molecular flexibility index (Phi) is 4.97. The molecule has 1 unspecified atom stereocenters. The highest BCUT2D eigenvalue weighted by Crippen LogP contribution is 2.24. The molecule has 0 aliphatic carbocycles. The maximum absolute atomic E-state index is 14.3. The highest BCUT2D eigenvalue weighted by molar-refractivity contribution is 5.49. The number of rotatable bonds is 5. The predicted octanol–water partition coefficient (Wildman–Crippen LogP) is 4.05. The minimum Gasteiger partial charge on any atom is -0.368 e. The lowest BCUT2D eigenvalue weighted by molar-refractivity contribution is 0.604. The summed E-state index contributed by atoms with van der Waals surface area (Å²) in [7, 11) is 3.80. The van der Waals surface area contributed by atoms with Crippen LogP contribution in [0.1, 0.15) is 29.7 Å². The van der Waals surface area contributed by atoms with Gasteiger partial charge < -0.3 is 10.2 Å². The summed E-state index contributed by atoms with van der Waals surface area (Å²) in [6.45, 7) is 4.80. The van der Waals surface area contributed by atoms with E-state index in [-0.39, 0.29) is 11.9 Å². The van der Waals surface area contributed by atoms with E-state index < -0.39 is 0 Å². The van der Waals surface area contributed by atoms with Crippen LogP contribution < -0.4 is 10.2 Å². The third-order valence-corrected chi connectivity index (χ3v) is 3.98. The van der Waals surface area contributed by atoms with Gasteiger partial charge in [0.1, 0.15) is 5.82 Å². The van der Waals surface area contributed by atoms with Gasteiger partial charge in [-0.1, -0.05) is 30.3 Å². The summed E-state index contributed by atoms with van der Waals surface area (Å²) in [6, 6.07) is 13.8. The van der Waals surface area contributed by atoms with Gasteiger partial charge in [-0.2, -0.15) is 0 Å². The zero-order valence-electron chi connectivity index (χ0n) is 13.2. The number of benzene rings is 2. The van der Waals surface area contributed by atoms with E-state index in [1.165, 1.54) is 11.1 Å². The van der Waals surface area contributed by atoms with Gasteiger partial charge in [-0.3, -0.25) is 0 Å². The van der Waals surface area contributed by atoms with Crippen molar-refractivity contribution in [3.63, 3.8) is 0 Å². The Labute approximate surface area is 126 Å². The molecular weight excluding hydrogens is 263 g/mol. The molecule has 2 rings (SSSR count). The molecule has 0 saturated carbocycles. The fraction of sp³-hybridized carbons (Fsp3) is 0.333. The summed E-state index contributed by atoms with van der Waals surface area (Å²) >= 11 is 0. The predicted molar refractivity (Wildman–Crippen MR) is 87.2 cm³/mol. The molecule has 0 fully saturated rings. The number of nitrogens with zero attached hydrogens (tertiary/aromatic N) is 1. The smallest absolute Gasteiger partial charge is 0.146 e. The molecule has 112 valence electrons. The second-order valence-corrected chi connectivity index (χ2v) is 5.50. The maximum Gasteiger partial charge on any atom is 0.146 e. The van der Waals surface area contributed by atoms with E-state index >= 15 is 0 Å². The first-order valence-electron chi connectivity index (χ1n) is 7.25. The SMILES string of the molecule is CNC(C)c1ccc(N(C)Cc2ccccc2C)c(F)c1. The normalized spacial score (nSPS) is 12.2. The summed E-state index contributed by atoms with van der Waals surface area (Å²) in [5.41, 5.74) is 4.03. The quantitative estimate of drug-likeness (QED) is 0.892. The van der Waals surface area contributed by atoms with Gasteiger partial charge >= 0.3 is 0 Å². The van der Waals surface area contributed by atoms with Gasteiger partial charge in [0.25, 0.3) is 0 Å². The van der Waals surface area contributed by atoms with Crippen LogP contribution in [0.25, 0.3) is 0 Å². The molecule has 2 nitrogen and oxygen atoms in total. The first-order valence-corrected chi connectivity index (χ1v) is 7.25. The fourth-order valence-corrected chi connectivity index (χ4v) is 2.40. The minimum absolute atomic E-state index is 0.148. The zero-order valence-corrected chi connectivity index (χ0v) is 13.2. The molecule has 1 atom stereocenters. The first kappa shape index (κ1) is 15.5. The molecule has 0 radical (unpaired) electrons. The molecule has 0 heterocycles. The summed E-state index contributed by atoms with van der Waals surface area (Å²) in [6.07, 6.45) is 0. The van der Waals surface area contributed by atoms with E-state index in [9.17, 15) is 4.39 Å². The topological polar surface area (TPSA) is 15.3 Å². The van der Waals surface area contributed by atoms with Crippen molar-refractivity contribution in [3.8, 4) is 0 Å². The van der Waals surface area contributed by atoms with Gasteiger partial charge in [0.05, 0.1) is 5.69 Å². The standard InChI is InChI=1S/C18H23FN2/c1-13-7-5-6-8-16(13)12-21(4)18-10-9-15(11-17(18)19)14(2)20-3/h5-11,14,20H,12H2,1-4H3. The average molecular weight is 286 g/mol. The van der Waals surface area contributed by atoms with Crippen LogP contribution in [0, 0.1) is 12.7 Å². The van der Waals surface area contributed by atoms with Crippen LogP contribution in [0.15, 0.2) is 42.5 Å². The van der Waals surface area contributed by atoms with E-state index in [1.807, 2.05) is 50.2 Å². The third kappa shape index (κ3) is 3.61. The van der Waals surface area contributed by atoms with E-state index in [1.54, 1.807) is 6.07 Å². The van der Waals surface area contributed by atoms with Gasteiger partial charge in [0.15, 0.2) is 0 Å². The lowest BCUT2D eigenvalue weighted by atomic mass is 10.1. The summed E-state index contributed by atoms with van der Waals surface area (Å²) in [5, 5.41) is 3.12. The molecule has 0 saturated heterocycles. The molecule has 0 bridgehead atoms. The van der Waals surface area contributed by atoms with E-state index in [4.69, 9.17) is 0 Å². The number of aryl methyl sites for hydroxylation is 1. The van der Waals surface area contributed by atoms with E-state index in [2.05, 4.69) is 24.4 Å². The Balaban J connectivity index is 2.20. The molecule has 2 aromatic carbocycles. The number of hydrogen-bond acceptors (Lipinski definition) is 2. The number of hydrogen-bond donors (Lipinski definition) is 1. The van der Waals surface area contributed by atoms with Gasteiger partial charge in [-0.25, -0.2) is 4.39 Å². The Hall–Kier alpha value is -1.87. The van der Waals surface area contributed by atoms with Crippen molar-refractivity contribution in [2.24, 2.45) is 0 Å². The van der Waals surface area contributed by atoms with Crippen molar-refractivity contribution in [2.45, 2.75) is 26.4 Å². The fourth-order valence-electron chi connectivity index (χ4n) is 2.40. The van der Waals surface area contributed by atoms with Crippen LogP contribution in [0.5, 0.6) is 0 Å². The molecular formula is C18H23FN2. The average Bonchev–Trinajstić information content (AvgIpc) is 2.48. The molecule has 0 aromatic heterocycles. The molecule has 21 heavy (non-hydrogen) atoms. The van der Waals surface area contributed by atoms with Crippen LogP contribution in [0.2, 0.25) is 0 Å². The lowest BCUT2D eigenvalue weighted by Crippen LogP contribution is -2.19. The Morgan fingerprint density at radius 1 is 1.19 bits per heavy atom. The molecule has 1 N–H and O–H groups in total. The monoisotopic (exact) mass is 286 g/mol. The molecule has 3 heteroatoms. The van der Waals surface area contributed by atoms with Crippen LogP contribution in [-0.2, 0) is 6.54 Å². The number of nitrogens with one attached hydrogen (secondary N) is 1. The Morgan fingerprint density at radius 2 is 1.90 bits per heavy atom. The summed E-state index contributed by atoms with van der Waals surface area (Å²) < 4.78 is 14.3. The largest absolute Gasteiger partial charge is 0.368 e. The minimum atomic E-state index is -0.175. The van der Waals surface area contributed by atoms with Crippen LogP contribution in [0.4, 0.5) is 10.1 Å². The van der Waals surface area contributed by atoms with Crippen molar-refractivity contribution >= 4 is 5.69 Å². The summed E-state index contributed by atoms with van der Waals surface area (Å²) in [4.78, 5) is 1.95. The second kappa shape index (κ2) is 6.72. The van der Waals surface area contributed by atoms with Crippen molar-refractivity contribution in [2.75, 3.05) is 19.0 Å². The molecule has 2 aromatic rings. The first-order chi connectivity index (χ1) is 10.0. The van der Waals surface area contributed by atoms with Gasteiger partial charge in [0, 0.05) is 19.6 Å². The summed E-state index contributed by atoms with van der Waals surface area (Å²) in [5.74, 6) is -0.175. The number of anilines is 1. The molecule has 0 aliphatic heterocycles. The van der Waals surface area contributed by atoms with Crippen LogP contribution in [0.3, 0.4) is 0 Å². The molecule has 0 aliphatic rings.